The molecule has 1 unspecified atom stereocenters. The number of rotatable bonds is 6. The number of amides is 1. The second-order valence-electron chi connectivity index (χ2n) is 4.05. The highest BCUT2D eigenvalue weighted by atomic mass is 79.9. The number of hydrogen-bond acceptors (Lipinski definition) is 4. The minimum absolute atomic E-state index is 0.0707. The van der Waals surface area contributed by atoms with Crippen LogP contribution < -0.4 is 5.32 Å². The quantitative estimate of drug-likeness (QED) is 0.641. The molecule has 19 heavy (non-hydrogen) atoms. The van der Waals surface area contributed by atoms with Gasteiger partial charge in [-0.05, 0) is 35.3 Å². The summed E-state index contributed by atoms with van der Waals surface area (Å²) in [5, 5.41) is 13.6. The number of hydrogen-bond donors (Lipinski definition) is 1. The van der Waals surface area contributed by atoms with Crippen molar-refractivity contribution in [2.75, 3.05) is 13.7 Å². The third-order valence-electron chi connectivity index (χ3n) is 2.55. The summed E-state index contributed by atoms with van der Waals surface area (Å²) in [6.07, 6.45) is 0.675. The maximum atomic E-state index is 12.0. The second kappa shape index (κ2) is 7.20. The molecule has 1 amide bonds. The molecule has 0 radical (unpaired) electrons. The molecule has 1 N–H and O–H groups in total. The molecule has 1 atom stereocenters. The van der Waals surface area contributed by atoms with Crippen molar-refractivity contribution in [3.63, 3.8) is 0 Å². The average Bonchev–Trinajstić information content (AvgIpc) is 2.36. The standard InChI is InChI=1S/C12H15BrN2O4/c1-8(6-7-19-2)14-12(16)9-4-3-5-10(11(9)13)15(17)18/h3-5,8H,6-7H2,1-2H3,(H,14,16). The van der Waals surface area contributed by atoms with Crippen molar-refractivity contribution in [2.24, 2.45) is 0 Å². The highest BCUT2D eigenvalue weighted by molar-refractivity contribution is 9.10. The van der Waals surface area contributed by atoms with Crippen molar-refractivity contribution in [3.05, 3.63) is 38.3 Å². The molecule has 0 fully saturated rings. The van der Waals surface area contributed by atoms with Gasteiger partial charge in [0.25, 0.3) is 11.6 Å². The van der Waals surface area contributed by atoms with Crippen LogP contribution >= 0.6 is 15.9 Å². The Morgan fingerprint density at radius 2 is 2.26 bits per heavy atom. The van der Waals surface area contributed by atoms with Gasteiger partial charge in [0.2, 0.25) is 0 Å². The Morgan fingerprint density at radius 1 is 1.58 bits per heavy atom. The van der Waals surface area contributed by atoms with E-state index in [-0.39, 0.29) is 27.7 Å². The van der Waals surface area contributed by atoms with E-state index in [2.05, 4.69) is 21.2 Å². The van der Waals surface area contributed by atoms with E-state index in [4.69, 9.17) is 4.74 Å². The first-order valence-electron chi connectivity index (χ1n) is 5.70. The van der Waals surface area contributed by atoms with Crippen LogP contribution in [0.1, 0.15) is 23.7 Å². The monoisotopic (exact) mass is 330 g/mol. The van der Waals surface area contributed by atoms with Gasteiger partial charge in [-0.15, -0.1) is 0 Å². The lowest BCUT2D eigenvalue weighted by Gasteiger charge is -2.13. The fourth-order valence-corrected chi connectivity index (χ4v) is 2.09. The molecular weight excluding hydrogens is 316 g/mol. The molecule has 7 heteroatoms. The Bertz CT molecular complexity index is 479. The third kappa shape index (κ3) is 4.29. The van der Waals surface area contributed by atoms with E-state index in [0.29, 0.717) is 13.0 Å². The molecule has 0 heterocycles. The zero-order valence-corrected chi connectivity index (χ0v) is 12.3. The Kier molecular flexibility index (Phi) is 5.91. The first-order chi connectivity index (χ1) is 8.97. The van der Waals surface area contributed by atoms with Crippen LogP contribution in [-0.2, 0) is 4.74 Å². The Balaban J connectivity index is 2.83. The number of halogens is 1. The number of ether oxygens (including phenoxy) is 1. The Hall–Kier alpha value is -1.47. The van der Waals surface area contributed by atoms with E-state index >= 15 is 0 Å². The third-order valence-corrected chi connectivity index (χ3v) is 3.39. The molecule has 1 rings (SSSR count). The van der Waals surface area contributed by atoms with Crippen LogP contribution in [0.15, 0.2) is 22.7 Å². The molecule has 0 aromatic heterocycles. The lowest BCUT2D eigenvalue weighted by Crippen LogP contribution is -2.33. The first-order valence-corrected chi connectivity index (χ1v) is 6.49. The van der Waals surface area contributed by atoms with Gasteiger partial charge in [-0.3, -0.25) is 14.9 Å². The van der Waals surface area contributed by atoms with Crippen molar-refractivity contribution < 1.29 is 14.5 Å². The van der Waals surface area contributed by atoms with Crippen molar-refractivity contribution in [3.8, 4) is 0 Å². The molecule has 0 spiro atoms. The summed E-state index contributed by atoms with van der Waals surface area (Å²) in [6, 6.07) is 4.29. The summed E-state index contributed by atoms with van der Waals surface area (Å²) in [6.45, 7) is 2.39. The normalized spacial score (nSPS) is 11.9. The van der Waals surface area contributed by atoms with Crippen LogP contribution in [0.2, 0.25) is 0 Å². The molecule has 0 aliphatic rings. The van der Waals surface area contributed by atoms with E-state index in [1.54, 1.807) is 7.11 Å². The van der Waals surface area contributed by atoms with Gasteiger partial charge in [0.05, 0.1) is 10.5 Å². The van der Waals surface area contributed by atoms with Crippen molar-refractivity contribution in [1.29, 1.82) is 0 Å². The SMILES string of the molecule is COCCC(C)NC(=O)c1cccc([N+](=O)[O-])c1Br. The molecule has 6 nitrogen and oxygen atoms in total. The van der Waals surface area contributed by atoms with E-state index < -0.39 is 4.92 Å². The van der Waals surface area contributed by atoms with E-state index in [1.807, 2.05) is 6.92 Å². The Morgan fingerprint density at radius 3 is 2.84 bits per heavy atom. The van der Waals surface area contributed by atoms with Crippen LogP contribution in [0.5, 0.6) is 0 Å². The van der Waals surface area contributed by atoms with Crippen LogP contribution in [-0.4, -0.2) is 30.6 Å². The fourth-order valence-electron chi connectivity index (χ4n) is 1.50. The Labute approximate surface area is 119 Å². The van der Waals surface area contributed by atoms with Gasteiger partial charge in [-0.2, -0.15) is 0 Å². The number of nitrogens with zero attached hydrogens (tertiary/aromatic N) is 1. The number of methoxy groups -OCH3 is 1. The molecule has 0 saturated heterocycles. The maximum Gasteiger partial charge on any atom is 0.284 e. The van der Waals surface area contributed by atoms with Gasteiger partial charge in [0.15, 0.2) is 0 Å². The predicted molar refractivity (Wildman–Crippen MR) is 74.2 cm³/mol. The summed E-state index contributed by atoms with van der Waals surface area (Å²) in [5.74, 6) is -0.348. The van der Waals surface area contributed by atoms with Gasteiger partial charge in [0.1, 0.15) is 4.47 Å². The summed E-state index contributed by atoms with van der Waals surface area (Å²) >= 11 is 3.10. The van der Waals surface area contributed by atoms with Crippen LogP contribution in [0.25, 0.3) is 0 Å². The molecule has 1 aromatic carbocycles. The summed E-state index contributed by atoms with van der Waals surface area (Å²) in [5.41, 5.74) is 0.121. The van der Waals surface area contributed by atoms with Gasteiger partial charge < -0.3 is 10.1 Å². The summed E-state index contributed by atoms with van der Waals surface area (Å²) < 4.78 is 5.12. The molecule has 1 aromatic rings. The number of nitrogens with one attached hydrogen (secondary N) is 1. The van der Waals surface area contributed by atoms with E-state index in [9.17, 15) is 14.9 Å². The van der Waals surface area contributed by atoms with Crippen molar-refractivity contribution in [2.45, 2.75) is 19.4 Å². The molecule has 0 aliphatic heterocycles. The number of carbonyl (C=O) groups is 1. The minimum atomic E-state index is -0.533. The number of nitro groups is 1. The summed E-state index contributed by atoms with van der Waals surface area (Å²) in [4.78, 5) is 22.3. The molecule has 104 valence electrons. The van der Waals surface area contributed by atoms with Crippen LogP contribution in [0, 0.1) is 10.1 Å². The first kappa shape index (κ1) is 15.6. The maximum absolute atomic E-state index is 12.0. The molecule has 0 saturated carbocycles. The minimum Gasteiger partial charge on any atom is -0.385 e. The van der Waals surface area contributed by atoms with Crippen LogP contribution in [0.4, 0.5) is 5.69 Å². The lowest BCUT2D eigenvalue weighted by atomic mass is 10.1. The largest absolute Gasteiger partial charge is 0.385 e. The van der Waals surface area contributed by atoms with E-state index in [1.165, 1.54) is 18.2 Å². The smallest absolute Gasteiger partial charge is 0.284 e. The average molecular weight is 331 g/mol. The molecule has 0 aliphatic carbocycles. The zero-order chi connectivity index (χ0) is 14.4. The number of nitro benzene ring substituents is 1. The fraction of sp³-hybridized carbons (Fsp3) is 0.417. The number of carbonyl (C=O) groups excluding carboxylic acids is 1. The van der Waals surface area contributed by atoms with Gasteiger partial charge in [-0.25, -0.2) is 0 Å². The van der Waals surface area contributed by atoms with Gasteiger partial charge in [0, 0.05) is 25.8 Å². The zero-order valence-electron chi connectivity index (χ0n) is 10.7. The van der Waals surface area contributed by atoms with Gasteiger partial charge >= 0.3 is 0 Å². The topological polar surface area (TPSA) is 81.5 Å². The number of benzene rings is 1. The molecular formula is C12H15BrN2O4. The van der Waals surface area contributed by atoms with Crippen LogP contribution in [0.3, 0.4) is 0 Å². The van der Waals surface area contributed by atoms with Crippen molar-refractivity contribution >= 4 is 27.5 Å². The van der Waals surface area contributed by atoms with E-state index in [0.717, 1.165) is 0 Å². The molecule has 0 bridgehead atoms. The highest BCUT2D eigenvalue weighted by Crippen LogP contribution is 2.28. The second-order valence-corrected chi connectivity index (χ2v) is 4.84. The predicted octanol–water partition coefficient (Wildman–Crippen LogP) is 2.51. The highest BCUT2D eigenvalue weighted by Gasteiger charge is 2.20. The van der Waals surface area contributed by atoms with Crippen molar-refractivity contribution in [1.82, 2.24) is 5.32 Å². The lowest BCUT2D eigenvalue weighted by molar-refractivity contribution is -0.385. The van der Waals surface area contributed by atoms with Gasteiger partial charge in [-0.1, -0.05) is 6.07 Å². The summed E-state index contributed by atoms with van der Waals surface area (Å²) in [7, 11) is 1.59.